The zero-order chi connectivity index (χ0) is 20.7. The van der Waals surface area contributed by atoms with E-state index in [1.165, 1.54) is 24.3 Å². The SMILES string of the molecule is Nc1cccc(C(F)(F)F)c1.O=C(CCBr)Nc1cccc(C(F)(F)F)c1. The number of alkyl halides is 7. The van der Waals surface area contributed by atoms with Gasteiger partial charge in [-0.25, -0.2) is 0 Å². The van der Waals surface area contributed by atoms with E-state index in [0.29, 0.717) is 5.33 Å². The molecule has 0 heterocycles. The van der Waals surface area contributed by atoms with Crippen LogP contribution >= 0.6 is 15.9 Å². The standard InChI is InChI=1S/C10H9BrF3NO.C7H6F3N/c11-5-4-9(16)15-8-3-1-2-7(6-8)10(12,13)14;8-7(9,10)5-2-1-3-6(11)4-5/h1-3,6H,4-5H2,(H,15,16);1-4H,11H2. The first-order chi connectivity index (χ1) is 12.4. The molecule has 0 unspecified atom stereocenters. The minimum atomic E-state index is -4.39. The van der Waals surface area contributed by atoms with Crippen molar-refractivity contribution >= 4 is 33.2 Å². The van der Waals surface area contributed by atoms with E-state index in [-0.39, 0.29) is 23.7 Å². The van der Waals surface area contributed by atoms with Crippen molar-refractivity contribution in [2.45, 2.75) is 18.8 Å². The summed E-state index contributed by atoms with van der Waals surface area (Å²) in [5.74, 6) is -0.323. The Bertz CT molecular complexity index is 762. The minimum Gasteiger partial charge on any atom is -0.399 e. The Morgan fingerprint density at radius 1 is 0.926 bits per heavy atom. The number of benzene rings is 2. The molecule has 0 spiro atoms. The van der Waals surface area contributed by atoms with E-state index in [2.05, 4.69) is 21.2 Å². The highest BCUT2D eigenvalue weighted by atomic mass is 79.9. The summed E-state index contributed by atoms with van der Waals surface area (Å²) in [6, 6.07) is 9.12. The van der Waals surface area contributed by atoms with Gasteiger partial charge < -0.3 is 11.1 Å². The van der Waals surface area contributed by atoms with Crippen molar-refractivity contribution in [3.8, 4) is 0 Å². The molecule has 10 heteroatoms. The third kappa shape index (κ3) is 8.33. The van der Waals surface area contributed by atoms with Crippen LogP contribution in [-0.2, 0) is 17.1 Å². The first-order valence-corrected chi connectivity index (χ1v) is 8.51. The van der Waals surface area contributed by atoms with Gasteiger partial charge in [-0.2, -0.15) is 26.3 Å². The van der Waals surface area contributed by atoms with Gasteiger partial charge in [-0.1, -0.05) is 28.1 Å². The number of amides is 1. The number of carbonyl (C=O) groups is 1. The summed E-state index contributed by atoms with van der Waals surface area (Å²) in [4.78, 5) is 11.2. The van der Waals surface area contributed by atoms with E-state index in [0.717, 1.165) is 24.3 Å². The molecule has 27 heavy (non-hydrogen) atoms. The molecule has 0 bridgehead atoms. The first-order valence-electron chi connectivity index (χ1n) is 7.39. The summed E-state index contributed by atoms with van der Waals surface area (Å²) in [6.07, 6.45) is -8.47. The Morgan fingerprint density at radius 3 is 1.89 bits per heavy atom. The molecule has 3 nitrogen and oxygen atoms in total. The topological polar surface area (TPSA) is 55.1 Å². The molecule has 0 fully saturated rings. The van der Waals surface area contributed by atoms with Crippen LogP contribution in [0.3, 0.4) is 0 Å². The van der Waals surface area contributed by atoms with Gasteiger partial charge in [-0.15, -0.1) is 0 Å². The summed E-state index contributed by atoms with van der Waals surface area (Å²) >= 11 is 3.07. The number of rotatable bonds is 3. The van der Waals surface area contributed by atoms with Gasteiger partial charge in [-0.3, -0.25) is 4.79 Å². The molecular formula is C17H15BrF6N2O. The third-order valence-electron chi connectivity index (χ3n) is 3.01. The van der Waals surface area contributed by atoms with Gasteiger partial charge >= 0.3 is 12.4 Å². The molecule has 0 atom stereocenters. The largest absolute Gasteiger partial charge is 0.416 e. The quantitative estimate of drug-likeness (QED) is 0.352. The number of nitrogen functional groups attached to an aromatic ring is 1. The fraction of sp³-hybridized carbons (Fsp3) is 0.235. The van der Waals surface area contributed by atoms with E-state index >= 15 is 0 Å². The number of hydrogen-bond donors (Lipinski definition) is 2. The predicted octanol–water partition coefficient (Wildman–Crippen LogP) is 5.72. The van der Waals surface area contributed by atoms with Crippen molar-refractivity contribution < 1.29 is 31.1 Å². The van der Waals surface area contributed by atoms with Crippen LogP contribution in [0.5, 0.6) is 0 Å². The molecule has 2 rings (SSSR count). The Labute approximate surface area is 159 Å². The lowest BCUT2D eigenvalue weighted by atomic mass is 10.2. The predicted molar refractivity (Wildman–Crippen MR) is 94.3 cm³/mol. The molecule has 0 aliphatic heterocycles. The van der Waals surface area contributed by atoms with Crippen molar-refractivity contribution in [1.29, 1.82) is 0 Å². The molecule has 2 aromatic carbocycles. The van der Waals surface area contributed by atoms with E-state index in [9.17, 15) is 31.1 Å². The summed E-state index contributed by atoms with van der Waals surface area (Å²) in [6.45, 7) is 0. The van der Waals surface area contributed by atoms with Crippen molar-refractivity contribution in [3.05, 3.63) is 59.7 Å². The fourth-order valence-corrected chi connectivity index (χ4v) is 2.16. The molecular weight excluding hydrogens is 442 g/mol. The van der Waals surface area contributed by atoms with Gasteiger partial charge in [0, 0.05) is 23.1 Å². The van der Waals surface area contributed by atoms with Crippen LogP contribution in [-0.4, -0.2) is 11.2 Å². The fourth-order valence-electron chi connectivity index (χ4n) is 1.80. The van der Waals surface area contributed by atoms with Gasteiger partial charge in [0.15, 0.2) is 0 Å². The smallest absolute Gasteiger partial charge is 0.399 e. The lowest BCUT2D eigenvalue weighted by Crippen LogP contribution is -2.12. The summed E-state index contributed by atoms with van der Waals surface area (Å²) < 4.78 is 72.7. The second kappa shape index (κ2) is 9.63. The highest BCUT2D eigenvalue weighted by Crippen LogP contribution is 2.31. The molecule has 0 aromatic heterocycles. The molecule has 0 aliphatic carbocycles. The second-order valence-electron chi connectivity index (χ2n) is 5.19. The Balaban J connectivity index is 0.000000289. The maximum absolute atomic E-state index is 12.3. The highest BCUT2D eigenvalue weighted by Gasteiger charge is 2.31. The Hall–Kier alpha value is -2.23. The third-order valence-corrected chi connectivity index (χ3v) is 3.41. The summed E-state index contributed by atoms with van der Waals surface area (Å²) in [7, 11) is 0. The molecule has 0 aliphatic rings. The Morgan fingerprint density at radius 2 is 1.44 bits per heavy atom. The molecule has 0 radical (unpaired) electrons. The normalized spacial score (nSPS) is 11.4. The van der Waals surface area contributed by atoms with Crippen LogP contribution in [0.1, 0.15) is 17.5 Å². The van der Waals surface area contributed by atoms with Gasteiger partial charge in [0.25, 0.3) is 0 Å². The lowest BCUT2D eigenvalue weighted by molar-refractivity contribution is -0.138. The molecule has 148 valence electrons. The van der Waals surface area contributed by atoms with E-state index < -0.39 is 23.5 Å². The first kappa shape index (κ1) is 22.8. The minimum absolute atomic E-state index is 0.125. The molecule has 0 saturated carbocycles. The molecule has 3 N–H and O–H groups in total. The van der Waals surface area contributed by atoms with Crippen molar-refractivity contribution in [1.82, 2.24) is 0 Å². The van der Waals surface area contributed by atoms with Crippen molar-refractivity contribution in [2.24, 2.45) is 0 Å². The average Bonchev–Trinajstić information content (AvgIpc) is 2.54. The number of carbonyl (C=O) groups excluding carboxylic acids is 1. The maximum Gasteiger partial charge on any atom is 0.416 e. The average molecular weight is 457 g/mol. The number of halogens is 7. The van der Waals surface area contributed by atoms with Gasteiger partial charge in [0.1, 0.15) is 0 Å². The summed E-state index contributed by atoms with van der Waals surface area (Å²) in [5, 5.41) is 2.86. The van der Waals surface area contributed by atoms with Crippen LogP contribution < -0.4 is 11.1 Å². The summed E-state index contributed by atoms with van der Waals surface area (Å²) in [5.41, 5.74) is 3.95. The maximum atomic E-state index is 12.3. The van der Waals surface area contributed by atoms with Crippen LogP contribution in [0.4, 0.5) is 37.7 Å². The zero-order valence-corrected chi connectivity index (χ0v) is 15.3. The van der Waals surface area contributed by atoms with E-state index in [1.807, 2.05) is 0 Å². The van der Waals surface area contributed by atoms with Gasteiger partial charge in [0.2, 0.25) is 5.91 Å². The van der Waals surface area contributed by atoms with Crippen LogP contribution in [0, 0.1) is 0 Å². The highest BCUT2D eigenvalue weighted by molar-refractivity contribution is 9.09. The van der Waals surface area contributed by atoms with Gasteiger partial charge in [-0.05, 0) is 36.4 Å². The lowest BCUT2D eigenvalue weighted by Gasteiger charge is -2.09. The van der Waals surface area contributed by atoms with Crippen LogP contribution in [0.25, 0.3) is 0 Å². The molecule has 1 amide bonds. The Kier molecular flexibility index (Phi) is 8.14. The van der Waals surface area contributed by atoms with E-state index in [1.54, 1.807) is 0 Å². The zero-order valence-electron chi connectivity index (χ0n) is 13.7. The number of nitrogens with two attached hydrogens (primary N) is 1. The van der Waals surface area contributed by atoms with Crippen molar-refractivity contribution in [2.75, 3.05) is 16.4 Å². The number of hydrogen-bond acceptors (Lipinski definition) is 2. The van der Waals surface area contributed by atoms with Crippen LogP contribution in [0.15, 0.2) is 48.5 Å². The van der Waals surface area contributed by atoms with Crippen molar-refractivity contribution in [3.63, 3.8) is 0 Å². The van der Waals surface area contributed by atoms with E-state index in [4.69, 9.17) is 5.73 Å². The van der Waals surface area contributed by atoms with Gasteiger partial charge in [0.05, 0.1) is 11.1 Å². The number of anilines is 2. The van der Waals surface area contributed by atoms with Crippen LogP contribution in [0.2, 0.25) is 0 Å². The monoisotopic (exact) mass is 456 g/mol. The molecule has 2 aromatic rings. The second-order valence-corrected chi connectivity index (χ2v) is 5.98. The molecule has 0 saturated heterocycles. The number of nitrogens with one attached hydrogen (secondary N) is 1.